The molecule has 2 unspecified atom stereocenters. The lowest BCUT2D eigenvalue weighted by Gasteiger charge is -2.43. The van der Waals surface area contributed by atoms with Gasteiger partial charge in [-0.3, -0.25) is 9.59 Å². The summed E-state index contributed by atoms with van der Waals surface area (Å²) in [6.07, 6.45) is 5.50. The van der Waals surface area contributed by atoms with Crippen molar-refractivity contribution in [3.63, 3.8) is 0 Å². The van der Waals surface area contributed by atoms with Crippen molar-refractivity contribution in [2.75, 3.05) is 0 Å². The molecule has 2 atom stereocenters. The zero-order chi connectivity index (χ0) is 27.9. The van der Waals surface area contributed by atoms with Gasteiger partial charge in [0.2, 0.25) is 0 Å². The van der Waals surface area contributed by atoms with Gasteiger partial charge in [-0.1, -0.05) is 36.6 Å². The van der Waals surface area contributed by atoms with Gasteiger partial charge in [0.15, 0.2) is 11.6 Å². The summed E-state index contributed by atoms with van der Waals surface area (Å²) in [6.45, 7) is 7.49. The number of fused-ring (bicyclic) bond motifs is 1. The minimum Gasteiger partial charge on any atom is -0.458 e. The van der Waals surface area contributed by atoms with Crippen LogP contribution < -0.4 is 0 Å². The van der Waals surface area contributed by atoms with Crippen molar-refractivity contribution < 1.29 is 14.3 Å². The van der Waals surface area contributed by atoms with Crippen LogP contribution in [0.3, 0.4) is 0 Å². The number of ketones is 1. The van der Waals surface area contributed by atoms with Crippen LogP contribution in [0.25, 0.3) is 5.78 Å². The molecule has 0 N–H and O–H groups in total. The van der Waals surface area contributed by atoms with Gasteiger partial charge in [0.1, 0.15) is 11.5 Å². The third-order valence-corrected chi connectivity index (χ3v) is 8.73. The number of rotatable bonds is 7. The zero-order valence-corrected chi connectivity index (χ0v) is 23.7. The Hall–Kier alpha value is -3.31. The van der Waals surface area contributed by atoms with E-state index in [1.165, 1.54) is 0 Å². The molecule has 5 rings (SSSR count). The van der Waals surface area contributed by atoms with Crippen LogP contribution in [0.15, 0.2) is 24.3 Å². The maximum Gasteiger partial charge on any atom is 0.317 e. The van der Waals surface area contributed by atoms with Crippen LogP contribution in [-0.4, -0.2) is 36.9 Å². The molecule has 3 aromatic rings. The van der Waals surface area contributed by atoms with Crippen molar-refractivity contribution in [2.24, 2.45) is 11.8 Å². The lowest BCUT2D eigenvalue weighted by atomic mass is 9.73. The molecule has 1 aliphatic carbocycles. The Morgan fingerprint density at radius 2 is 1.92 bits per heavy atom. The first kappa shape index (κ1) is 27.3. The minimum atomic E-state index is -0.916. The second-order valence-corrected chi connectivity index (χ2v) is 12.1. The van der Waals surface area contributed by atoms with E-state index in [-0.39, 0.29) is 24.5 Å². The number of nitriles is 1. The van der Waals surface area contributed by atoms with Crippen LogP contribution in [0.5, 0.6) is 0 Å². The summed E-state index contributed by atoms with van der Waals surface area (Å²) in [7, 11) is 0. The highest BCUT2D eigenvalue weighted by molar-refractivity contribution is 6.31. The Kier molecular flexibility index (Phi) is 7.23. The Labute approximate surface area is 233 Å². The fourth-order valence-electron chi connectivity index (χ4n) is 6.19. The zero-order valence-electron chi connectivity index (χ0n) is 23.0. The predicted molar refractivity (Wildman–Crippen MR) is 146 cm³/mol. The normalized spacial score (nSPS) is 22.3. The van der Waals surface area contributed by atoms with E-state index in [1.54, 1.807) is 4.52 Å². The lowest BCUT2D eigenvalue weighted by molar-refractivity contribution is -0.185. The third-order valence-electron chi connectivity index (χ3n) is 8.42. The standard InChI is InChI=1S/C30H34ClN5O3/c1-18-13-19(2)36-28(33-18)34-26(35-36)15-22-25(37)16-30(39-27(22)38,21-7-5-6-8-21)12-11-20-9-10-23(24(31)14-20)29(3,4)17-32/h9-10,13-14,21-22H,5-8,11-12,15-16H2,1-4H3. The van der Waals surface area contributed by atoms with Gasteiger partial charge < -0.3 is 4.74 Å². The molecule has 1 saturated carbocycles. The summed E-state index contributed by atoms with van der Waals surface area (Å²) in [5.74, 6) is -0.483. The quantitative estimate of drug-likeness (QED) is 0.286. The van der Waals surface area contributed by atoms with Gasteiger partial charge in [-0.05, 0) is 82.6 Å². The second kappa shape index (κ2) is 10.3. The monoisotopic (exact) mass is 547 g/mol. The molecule has 0 radical (unpaired) electrons. The summed E-state index contributed by atoms with van der Waals surface area (Å²) < 4.78 is 7.90. The van der Waals surface area contributed by atoms with Gasteiger partial charge in [0, 0.05) is 29.3 Å². The fraction of sp³-hybridized carbons (Fsp3) is 0.533. The molecule has 0 amide bonds. The van der Waals surface area contributed by atoms with Crippen molar-refractivity contribution in [3.8, 4) is 6.07 Å². The van der Waals surface area contributed by atoms with E-state index < -0.39 is 22.9 Å². The maximum absolute atomic E-state index is 13.5. The summed E-state index contributed by atoms with van der Waals surface area (Å²) in [5, 5.41) is 14.5. The van der Waals surface area contributed by atoms with Gasteiger partial charge in [0.05, 0.1) is 11.5 Å². The molecule has 0 bridgehead atoms. The molecule has 1 saturated heterocycles. The minimum absolute atomic E-state index is 0.103. The second-order valence-electron chi connectivity index (χ2n) is 11.7. The van der Waals surface area contributed by atoms with Gasteiger partial charge in [0.25, 0.3) is 5.78 Å². The topological polar surface area (TPSA) is 110 Å². The molecule has 39 heavy (non-hydrogen) atoms. The number of cyclic esters (lactones) is 1. The number of aryl methyl sites for hydroxylation is 3. The number of hydrogen-bond acceptors (Lipinski definition) is 7. The number of Topliss-reactive ketones (excluding diaryl/α,β-unsaturated/α-hetero) is 1. The smallest absolute Gasteiger partial charge is 0.317 e. The van der Waals surface area contributed by atoms with Crippen molar-refractivity contribution in [1.82, 2.24) is 19.6 Å². The van der Waals surface area contributed by atoms with Crippen LogP contribution >= 0.6 is 11.6 Å². The predicted octanol–water partition coefficient (Wildman–Crippen LogP) is 5.43. The molecule has 0 spiro atoms. The van der Waals surface area contributed by atoms with Crippen LogP contribution in [0.4, 0.5) is 0 Å². The first-order valence-electron chi connectivity index (χ1n) is 13.7. The third kappa shape index (κ3) is 5.29. The van der Waals surface area contributed by atoms with E-state index >= 15 is 0 Å². The SMILES string of the molecule is Cc1cc(C)n2nc(CC3C(=O)CC(CCc4ccc(C(C)(C)C#N)c(Cl)c4)(C4CCCC4)OC3=O)nc2n1. The van der Waals surface area contributed by atoms with E-state index in [1.807, 2.05) is 52.0 Å². The number of benzene rings is 1. The first-order chi connectivity index (χ1) is 18.5. The molecule has 2 aromatic heterocycles. The molecule has 3 heterocycles. The van der Waals surface area contributed by atoms with Gasteiger partial charge in [-0.15, -0.1) is 5.10 Å². The van der Waals surface area contributed by atoms with E-state index in [0.717, 1.165) is 48.2 Å². The number of aromatic nitrogens is 4. The average molecular weight is 548 g/mol. The van der Waals surface area contributed by atoms with Crippen molar-refractivity contribution in [1.29, 1.82) is 5.26 Å². The highest BCUT2D eigenvalue weighted by atomic mass is 35.5. The fourth-order valence-corrected chi connectivity index (χ4v) is 6.63. The largest absolute Gasteiger partial charge is 0.458 e. The molecule has 2 aliphatic rings. The van der Waals surface area contributed by atoms with Gasteiger partial charge >= 0.3 is 5.97 Å². The number of hydrogen-bond donors (Lipinski definition) is 0. The molecular formula is C30H34ClN5O3. The number of carbonyl (C=O) groups is 2. The summed E-state index contributed by atoms with van der Waals surface area (Å²) in [6, 6.07) is 9.97. The summed E-state index contributed by atoms with van der Waals surface area (Å²) in [5.41, 5.74) is 1.98. The van der Waals surface area contributed by atoms with Crippen LogP contribution in [0.2, 0.25) is 5.02 Å². The van der Waals surface area contributed by atoms with Crippen LogP contribution in [-0.2, 0) is 32.6 Å². The first-order valence-corrected chi connectivity index (χ1v) is 14.0. The van der Waals surface area contributed by atoms with Gasteiger partial charge in [-0.25, -0.2) is 9.50 Å². The molecule has 8 nitrogen and oxygen atoms in total. The number of ether oxygens (including phenoxy) is 1. The van der Waals surface area contributed by atoms with E-state index in [0.29, 0.717) is 29.5 Å². The number of esters is 1. The Morgan fingerprint density at radius 1 is 1.18 bits per heavy atom. The Bertz CT molecular complexity index is 1460. The average Bonchev–Trinajstić information content (AvgIpc) is 3.56. The molecule has 9 heteroatoms. The maximum atomic E-state index is 13.5. The van der Waals surface area contributed by atoms with E-state index in [4.69, 9.17) is 16.3 Å². The molecule has 2 fully saturated rings. The highest BCUT2D eigenvalue weighted by Gasteiger charge is 2.51. The number of nitrogens with zero attached hydrogens (tertiary/aromatic N) is 5. The van der Waals surface area contributed by atoms with Crippen molar-refractivity contribution >= 4 is 29.1 Å². The number of carbonyl (C=O) groups excluding carboxylic acids is 2. The summed E-state index contributed by atoms with van der Waals surface area (Å²) >= 11 is 6.56. The van der Waals surface area contributed by atoms with E-state index in [2.05, 4.69) is 21.1 Å². The van der Waals surface area contributed by atoms with E-state index in [9.17, 15) is 14.9 Å². The lowest BCUT2D eigenvalue weighted by Crippen LogP contribution is -2.52. The molecule has 204 valence electrons. The molecule has 1 aromatic carbocycles. The van der Waals surface area contributed by atoms with Gasteiger partial charge in [-0.2, -0.15) is 10.2 Å². The van der Waals surface area contributed by atoms with Crippen LogP contribution in [0, 0.1) is 37.0 Å². The Morgan fingerprint density at radius 3 is 2.59 bits per heavy atom. The van der Waals surface area contributed by atoms with Crippen molar-refractivity contribution in [3.05, 3.63) is 57.6 Å². The highest BCUT2D eigenvalue weighted by Crippen LogP contribution is 2.45. The summed E-state index contributed by atoms with van der Waals surface area (Å²) in [4.78, 5) is 35.8. The molecule has 1 aliphatic heterocycles. The number of halogens is 1. The molecular weight excluding hydrogens is 514 g/mol. The Balaban J connectivity index is 1.35. The van der Waals surface area contributed by atoms with Crippen LogP contribution in [0.1, 0.15) is 80.7 Å². The van der Waals surface area contributed by atoms with Crippen molar-refractivity contribution in [2.45, 2.75) is 90.1 Å².